The molecule has 4 heteroatoms. The lowest BCUT2D eigenvalue weighted by Crippen LogP contribution is -2.28. The van der Waals surface area contributed by atoms with Gasteiger partial charge in [0.25, 0.3) is 0 Å². The van der Waals surface area contributed by atoms with Crippen molar-refractivity contribution in [2.24, 2.45) is 0 Å². The lowest BCUT2D eigenvalue weighted by molar-refractivity contribution is -0.123. The Balaban J connectivity index is 2.82. The molecule has 0 atom stereocenters. The molecular weight excluding hydrogens is 256 g/mol. The number of hydrogen-bond acceptors (Lipinski definition) is 3. The van der Waals surface area contributed by atoms with E-state index in [4.69, 9.17) is 5.11 Å². The molecule has 0 unspecified atom stereocenters. The molecule has 110 valence electrons. The molecule has 2 N–H and O–H groups in total. The van der Waals surface area contributed by atoms with E-state index in [9.17, 15) is 14.7 Å². The van der Waals surface area contributed by atoms with Gasteiger partial charge >= 0.3 is 5.97 Å². The van der Waals surface area contributed by atoms with Crippen LogP contribution in [0, 0.1) is 0 Å². The second-order valence-electron chi connectivity index (χ2n) is 6.47. The maximum absolute atomic E-state index is 12.0. The van der Waals surface area contributed by atoms with Gasteiger partial charge in [-0.2, -0.15) is 0 Å². The van der Waals surface area contributed by atoms with Crippen molar-refractivity contribution in [2.45, 2.75) is 51.6 Å². The van der Waals surface area contributed by atoms with Crippen molar-refractivity contribution in [3.8, 4) is 0 Å². The highest BCUT2D eigenvalue weighted by Gasteiger charge is 2.27. The fraction of sp³-hybridized carbons (Fsp3) is 0.500. The molecule has 0 aliphatic rings. The summed E-state index contributed by atoms with van der Waals surface area (Å²) in [5.74, 6) is -0.975. The minimum Gasteiger partial charge on any atom is -0.478 e. The van der Waals surface area contributed by atoms with Gasteiger partial charge in [0, 0.05) is 12.8 Å². The summed E-state index contributed by atoms with van der Waals surface area (Å²) in [7, 11) is 0. The molecule has 1 aromatic carbocycles. The third kappa shape index (κ3) is 4.78. The minimum absolute atomic E-state index is 0.00943. The fourth-order valence-corrected chi connectivity index (χ4v) is 2.20. The number of carbonyl (C=O) groups excluding carboxylic acids is 1. The van der Waals surface area contributed by atoms with E-state index in [1.807, 2.05) is 13.8 Å². The number of hydrogen-bond donors (Lipinski definition) is 2. The van der Waals surface area contributed by atoms with E-state index < -0.39 is 11.6 Å². The normalized spacial score (nSPS) is 12.2. The zero-order valence-electron chi connectivity index (χ0n) is 12.4. The molecule has 0 aromatic heterocycles. The molecule has 0 saturated heterocycles. The van der Waals surface area contributed by atoms with Crippen molar-refractivity contribution in [2.75, 3.05) is 0 Å². The Hall–Kier alpha value is -1.68. The number of aromatic carboxylic acids is 1. The van der Waals surface area contributed by atoms with E-state index in [-0.39, 0.29) is 23.2 Å². The Morgan fingerprint density at radius 2 is 1.50 bits per heavy atom. The Morgan fingerprint density at radius 1 is 1.00 bits per heavy atom. The molecule has 4 nitrogen and oxygen atoms in total. The zero-order chi connectivity index (χ0) is 15.6. The van der Waals surface area contributed by atoms with E-state index in [1.165, 1.54) is 0 Å². The van der Waals surface area contributed by atoms with Gasteiger partial charge in [-0.25, -0.2) is 4.79 Å². The first kappa shape index (κ1) is 16.4. The summed E-state index contributed by atoms with van der Waals surface area (Å²) in [5, 5.41) is 18.5. The van der Waals surface area contributed by atoms with Crippen LogP contribution in [0.25, 0.3) is 0 Å². The van der Waals surface area contributed by atoms with Crippen molar-refractivity contribution < 1.29 is 19.8 Å². The lowest BCUT2D eigenvalue weighted by atomic mass is 9.78. The van der Waals surface area contributed by atoms with Gasteiger partial charge in [-0.1, -0.05) is 26.0 Å². The molecule has 1 rings (SSSR count). The maximum atomic E-state index is 12.0. The van der Waals surface area contributed by atoms with Crippen molar-refractivity contribution in [3.05, 3.63) is 35.4 Å². The molecule has 1 aromatic rings. The first-order chi connectivity index (χ1) is 9.01. The van der Waals surface area contributed by atoms with Gasteiger partial charge in [0.15, 0.2) is 0 Å². The smallest absolute Gasteiger partial charge is 0.335 e. The largest absolute Gasteiger partial charge is 0.478 e. The molecule has 0 amide bonds. The van der Waals surface area contributed by atoms with E-state index >= 15 is 0 Å². The topological polar surface area (TPSA) is 74.6 Å². The molecular formula is C16H22O4. The van der Waals surface area contributed by atoms with E-state index in [0.29, 0.717) is 6.42 Å². The molecule has 0 aliphatic heterocycles. The molecule has 0 heterocycles. The Bertz CT molecular complexity index is 492. The average Bonchev–Trinajstić information content (AvgIpc) is 2.25. The predicted molar refractivity (Wildman–Crippen MR) is 77.0 cm³/mol. The second-order valence-corrected chi connectivity index (χ2v) is 6.47. The number of carboxylic acid groups (broad SMARTS) is 1. The monoisotopic (exact) mass is 278 g/mol. The van der Waals surface area contributed by atoms with Crippen molar-refractivity contribution in [1.82, 2.24) is 0 Å². The zero-order valence-corrected chi connectivity index (χ0v) is 12.4. The maximum Gasteiger partial charge on any atom is 0.335 e. The van der Waals surface area contributed by atoms with Gasteiger partial charge in [-0.15, -0.1) is 0 Å². The van der Waals surface area contributed by atoms with Crippen LogP contribution >= 0.6 is 0 Å². The van der Waals surface area contributed by atoms with Crippen LogP contribution in [0.4, 0.5) is 0 Å². The lowest BCUT2D eigenvalue weighted by Gasteiger charge is -2.26. The van der Waals surface area contributed by atoms with E-state index in [2.05, 4.69) is 0 Å². The van der Waals surface area contributed by atoms with Gasteiger partial charge in [0.2, 0.25) is 0 Å². The number of rotatable bonds is 6. The summed E-state index contributed by atoms with van der Waals surface area (Å²) < 4.78 is 0. The highest BCUT2D eigenvalue weighted by molar-refractivity contribution is 5.87. The summed E-state index contributed by atoms with van der Waals surface area (Å²) in [4.78, 5) is 22.8. The van der Waals surface area contributed by atoms with Crippen LogP contribution in [0.2, 0.25) is 0 Å². The number of benzene rings is 1. The number of carbonyl (C=O) groups is 2. The standard InChI is InChI=1S/C16H22O4/c1-15(2,9-13(17)10-16(3,4)20)12-7-5-11(6-8-12)14(18)19/h5-8,20H,9-10H2,1-4H3,(H,18,19). The number of ketones is 1. The van der Waals surface area contributed by atoms with Crippen molar-refractivity contribution in [1.29, 1.82) is 0 Å². The molecule has 0 radical (unpaired) electrons. The third-order valence-electron chi connectivity index (χ3n) is 3.18. The Kier molecular flexibility index (Phi) is 4.71. The first-order valence-electron chi connectivity index (χ1n) is 6.59. The van der Waals surface area contributed by atoms with Crippen LogP contribution in [0.15, 0.2) is 24.3 Å². The third-order valence-corrected chi connectivity index (χ3v) is 3.18. The van der Waals surface area contributed by atoms with E-state index in [0.717, 1.165) is 5.56 Å². The molecule has 20 heavy (non-hydrogen) atoms. The van der Waals surface area contributed by atoms with Crippen LogP contribution in [0.1, 0.15) is 56.5 Å². The average molecular weight is 278 g/mol. The minimum atomic E-state index is -1.000. The first-order valence-corrected chi connectivity index (χ1v) is 6.59. The molecule has 0 spiro atoms. The summed E-state index contributed by atoms with van der Waals surface area (Å²) in [6.07, 6.45) is 0.424. The quantitative estimate of drug-likeness (QED) is 0.839. The van der Waals surface area contributed by atoms with Crippen LogP contribution in [0.3, 0.4) is 0 Å². The SMILES string of the molecule is CC(C)(O)CC(=O)CC(C)(C)c1ccc(C(=O)O)cc1. The molecule has 0 bridgehead atoms. The molecule has 0 aliphatic carbocycles. The van der Waals surface area contributed by atoms with Crippen LogP contribution in [-0.4, -0.2) is 27.6 Å². The molecule has 0 fully saturated rings. The predicted octanol–water partition coefficient (Wildman–Crippen LogP) is 2.78. The van der Waals surface area contributed by atoms with E-state index in [1.54, 1.807) is 38.1 Å². The van der Waals surface area contributed by atoms with Gasteiger partial charge in [0.1, 0.15) is 5.78 Å². The summed E-state index contributed by atoms with van der Waals surface area (Å²) >= 11 is 0. The van der Waals surface area contributed by atoms with Crippen LogP contribution < -0.4 is 0 Å². The van der Waals surface area contributed by atoms with Gasteiger partial charge in [-0.3, -0.25) is 4.79 Å². The van der Waals surface area contributed by atoms with Crippen molar-refractivity contribution in [3.63, 3.8) is 0 Å². The highest BCUT2D eigenvalue weighted by Crippen LogP contribution is 2.29. The summed E-state index contributed by atoms with van der Waals surface area (Å²) in [5.41, 5.74) is -0.251. The summed E-state index contributed by atoms with van der Waals surface area (Å²) in [6, 6.07) is 6.56. The van der Waals surface area contributed by atoms with Crippen LogP contribution in [0.5, 0.6) is 0 Å². The van der Waals surface area contributed by atoms with Gasteiger partial charge < -0.3 is 10.2 Å². The number of aliphatic hydroxyl groups is 1. The van der Waals surface area contributed by atoms with Crippen molar-refractivity contribution >= 4 is 11.8 Å². The summed E-state index contributed by atoms with van der Waals surface area (Å²) in [6.45, 7) is 7.09. The molecule has 0 saturated carbocycles. The Labute approximate surface area is 119 Å². The van der Waals surface area contributed by atoms with Gasteiger partial charge in [-0.05, 0) is 37.0 Å². The van der Waals surface area contributed by atoms with Crippen LogP contribution in [-0.2, 0) is 10.2 Å². The Morgan fingerprint density at radius 3 is 1.90 bits per heavy atom. The second kappa shape index (κ2) is 5.75. The van der Waals surface area contributed by atoms with Gasteiger partial charge in [0.05, 0.1) is 11.2 Å². The highest BCUT2D eigenvalue weighted by atomic mass is 16.4. The number of Topliss-reactive ketones (excluding diaryl/α,β-unsaturated/α-hetero) is 1. The fourth-order valence-electron chi connectivity index (χ4n) is 2.20. The number of carboxylic acids is 1.